The normalized spacial score (nSPS) is 10.4. The van der Waals surface area contributed by atoms with E-state index in [9.17, 15) is 4.79 Å². The Morgan fingerprint density at radius 2 is 2.14 bits per heavy atom. The van der Waals surface area contributed by atoms with Crippen LogP contribution in [-0.4, -0.2) is 5.97 Å². The fraction of sp³-hybridized carbons (Fsp3) is 0.182. The van der Waals surface area contributed by atoms with Crippen molar-refractivity contribution in [2.75, 3.05) is 0 Å². The lowest BCUT2D eigenvalue weighted by atomic mass is 10.2. The van der Waals surface area contributed by atoms with Crippen LogP contribution in [0, 0.1) is 6.92 Å². The Balaban J connectivity index is 2.45. The van der Waals surface area contributed by atoms with Crippen molar-refractivity contribution in [3.63, 3.8) is 0 Å². The topological polar surface area (TPSA) is 26.3 Å². The first-order valence-corrected chi connectivity index (χ1v) is 5.15. The number of carbonyl (C=O) groups excluding carboxylic acids is 1. The number of rotatable bonds is 1. The predicted molar refractivity (Wildman–Crippen MR) is 57.9 cm³/mol. The van der Waals surface area contributed by atoms with E-state index in [4.69, 9.17) is 4.74 Å². The number of fused-ring (bicyclic) bond motifs is 1. The molecule has 0 spiro atoms. The summed E-state index contributed by atoms with van der Waals surface area (Å²) in [5, 5.41) is 1.13. The molecule has 0 amide bonds. The van der Waals surface area contributed by atoms with Crippen molar-refractivity contribution in [2.45, 2.75) is 13.8 Å². The van der Waals surface area contributed by atoms with Gasteiger partial charge in [-0.05, 0) is 36.6 Å². The first-order valence-electron chi connectivity index (χ1n) is 4.34. The molecule has 2 nitrogen and oxygen atoms in total. The van der Waals surface area contributed by atoms with E-state index in [-0.39, 0.29) is 5.97 Å². The molecule has 0 aliphatic rings. The summed E-state index contributed by atoms with van der Waals surface area (Å²) in [6.45, 7) is 3.47. The van der Waals surface area contributed by atoms with Crippen LogP contribution in [0.2, 0.25) is 0 Å². The van der Waals surface area contributed by atoms with Crippen LogP contribution in [0.4, 0.5) is 0 Å². The molecule has 0 saturated heterocycles. The van der Waals surface area contributed by atoms with Gasteiger partial charge in [-0.3, -0.25) is 4.79 Å². The lowest BCUT2D eigenvalue weighted by molar-refractivity contribution is -0.131. The van der Waals surface area contributed by atoms with Crippen LogP contribution in [0.5, 0.6) is 5.75 Å². The number of thiophene rings is 1. The number of benzene rings is 1. The SMILES string of the molecule is CC(=O)Oc1ccc2sc(C)cc2c1. The Morgan fingerprint density at radius 3 is 2.86 bits per heavy atom. The Labute approximate surface area is 86.1 Å². The summed E-state index contributed by atoms with van der Waals surface area (Å²) in [7, 11) is 0. The summed E-state index contributed by atoms with van der Waals surface area (Å²) in [4.78, 5) is 12.0. The summed E-state index contributed by atoms with van der Waals surface area (Å²) < 4.78 is 6.22. The third-order valence-corrected chi connectivity index (χ3v) is 2.90. The fourth-order valence-electron chi connectivity index (χ4n) is 1.38. The second kappa shape index (κ2) is 3.42. The van der Waals surface area contributed by atoms with Crippen LogP contribution in [-0.2, 0) is 4.79 Å². The Morgan fingerprint density at radius 1 is 1.36 bits per heavy atom. The molecule has 0 atom stereocenters. The quantitative estimate of drug-likeness (QED) is 0.529. The average Bonchev–Trinajstić information content (AvgIpc) is 2.42. The third-order valence-electron chi connectivity index (χ3n) is 1.87. The minimum absolute atomic E-state index is 0.281. The molecular formula is C11H10O2S. The van der Waals surface area contributed by atoms with Crippen LogP contribution in [0.25, 0.3) is 10.1 Å². The summed E-state index contributed by atoms with van der Waals surface area (Å²) >= 11 is 1.74. The van der Waals surface area contributed by atoms with Gasteiger partial charge in [0.15, 0.2) is 0 Å². The van der Waals surface area contributed by atoms with Gasteiger partial charge in [0, 0.05) is 16.5 Å². The monoisotopic (exact) mass is 206 g/mol. The highest BCUT2D eigenvalue weighted by Gasteiger charge is 2.02. The van der Waals surface area contributed by atoms with E-state index in [0.29, 0.717) is 5.75 Å². The highest BCUT2D eigenvalue weighted by atomic mass is 32.1. The zero-order valence-electron chi connectivity index (χ0n) is 8.03. The minimum atomic E-state index is -0.281. The molecular weight excluding hydrogens is 196 g/mol. The Hall–Kier alpha value is -1.35. The Kier molecular flexibility index (Phi) is 2.25. The lowest BCUT2D eigenvalue weighted by Crippen LogP contribution is -2.00. The van der Waals surface area contributed by atoms with E-state index < -0.39 is 0 Å². The number of ether oxygens (including phenoxy) is 1. The summed E-state index contributed by atoms with van der Waals surface area (Å²) in [5.74, 6) is 0.333. The van der Waals surface area contributed by atoms with E-state index >= 15 is 0 Å². The van der Waals surface area contributed by atoms with Gasteiger partial charge in [-0.15, -0.1) is 11.3 Å². The maximum atomic E-state index is 10.7. The molecule has 0 fully saturated rings. The van der Waals surface area contributed by atoms with Gasteiger partial charge in [-0.25, -0.2) is 0 Å². The molecule has 0 N–H and O–H groups in total. The molecule has 0 saturated carbocycles. The smallest absolute Gasteiger partial charge is 0.308 e. The molecule has 0 bridgehead atoms. The zero-order valence-corrected chi connectivity index (χ0v) is 8.85. The van der Waals surface area contributed by atoms with Crippen molar-refractivity contribution < 1.29 is 9.53 Å². The van der Waals surface area contributed by atoms with E-state index in [2.05, 4.69) is 13.0 Å². The van der Waals surface area contributed by atoms with Crippen molar-refractivity contribution in [1.82, 2.24) is 0 Å². The van der Waals surface area contributed by atoms with Crippen LogP contribution >= 0.6 is 11.3 Å². The largest absolute Gasteiger partial charge is 0.427 e. The molecule has 3 heteroatoms. The van der Waals surface area contributed by atoms with Crippen molar-refractivity contribution in [3.8, 4) is 5.75 Å². The van der Waals surface area contributed by atoms with E-state index in [1.165, 1.54) is 16.5 Å². The van der Waals surface area contributed by atoms with Crippen molar-refractivity contribution in [2.24, 2.45) is 0 Å². The highest BCUT2D eigenvalue weighted by molar-refractivity contribution is 7.19. The van der Waals surface area contributed by atoms with Crippen LogP contribution in [0.1, 0.15) is 11.8 Å². The number of carbonyl (C=O) groups is 1. The molecule has 1 heterocycles. The Bertz CT molecular complexity index is 485. The van der Waals surface area contributed by atoms with Gasteiger partial charge in [0.05, 0.1) is 0 Å². The molecule has 0 unspecified atom stereocenters. The predicted octanol–water partition coefficient (Wildman–Crippen LogP) is 3.14. The number of hydrogen-bond donors (Lipinski definition) is 0. The van der Waals surface area contributed by atoms with E-state index in [1.54, 1.807) is 11.3 Å². The van der Waals surface area contributed by atoms with Crippen molar-refractivity contribution in [3.05, 3.63) is 29.1 Å². The number of aryl methyl sites for hydroxylation is 1. The average molecular weight is 206 g/mol. The van der Waals surface area contributed by atoms with Gasteiger partial charge in [0.1, 0.15) is 5.75 Å². The van der Waals surface area contributed by atoms with Gasteiger partial charge in [-0.1, -0.05) is 0 Å². The number of hydrogen-bond acceptors (Lipinski definition) is 3. The minimum Gasteiger partial charge on any atom is -0.427 e. The van der Waals surface area contributed by atoms with Crippen molar-refractivity contribution in [1.29, 1.82) is 0 Å². The molecule has 0 aliphatic heterocycles. The van der Waals surface area contributed by atoms with Gasteiger partial charge in [0.2, 0.25) is 0 Å². The van der Waals surface area contributed by atoms with Gasteiger partial charge in [-0.2, -0.15) is 0 Å². The second-order valence-corrected chi connectivity index (χ2v) is 4.44. The van der Waals surface area contributed by atoms with Gasteiger partial charge >= 0.3 is 5.97 Å². The molecule has 1 aromatic carbocycles. The zero-order chi connectivity index (χ0) is 10.1. The van der Waals surface area contributed by atoms with E-state index in [1.807, 2.05) is 18.2 Å². The molecule has 1 aromatic heterocycles. The maximum Gasteiger partial charge on any atom is 0.308 e. The molecule has 2 rings (SSSR count). The molecule has 2 aromatic rings. The molecule has 0 aliphatic carbocycles. The second-order valence-electron chi connectivity index (χ2n) is 3.15. The number of esters is 1. The third kappa shape index (κ3) is 1.77. The standard InChI is InChI=1S/C11H10O2S/c1-7-5-9-6-10(13-8(2)12)3-4-11(9)14-7/h3-6H,1-2H3. The molecule has 72 valence electrons. The highest BCUT2D eigenvalue weighted by Crippen LogP contribution is 2.28. The van der Waals surface area contributed by atoms with E-state index in [0.717, 1.165) is 5.39 Å². The summed E-state index contributed by atoms with van der Waals surface area (Å²) in [5.41, 5.74) is 0. The molecule has 0 radical (unpaired) electrons. The van der Waals surface area contributed by atoms with Crippen LogP contribution < -0.4 is 4.74 Å². The van der Waals surface area contributed by atoms with Crippen LogP contribution in [0.15, 0.2) is 24.3 Å². The first kappa shape index (κ1) is 9.21. The first-order chi connectivity index (χ1) is 6.65. The van der Waals surface area contributed by atoms with Crippen LogP contribution in [0.3, 0.4) is 0 Å². The maximum absolute atomic E-state index is 10.7. The fourth-order valence-corrected chi connectivity index (χ4v) is 2.29. The van der Waals surface area contributed by atoms with Crippen molar-refractivity contribution >= 4 is 27.4 Å². The molecule has 14 heavy (non-hydrogen) atoms. The lowest BCUT2D eigenvalue weighted by Gasteiger charge is -1.99. The van der Waals surface area contributed by atoms with Gasteiger partial charge < -0.3 is 4.74 Å². The summed E-state index contributed by atoms with van der Waals surface area (Å²) in [6, 6.07) is 7.78. The summed E-state index contributed by atoms with van der Waals surface area (Å²) in [6.07, 6.45) is 0. The van der Waals surface area contributed by atoms with Gasteiger partial charge in [0.25, 0.3) is 0 Å².